The Balaban J connectivity index is 1.46. The van der Waals surface area contributed by atoms with Crippen LogP contribution in [0.5, 0.6) is 5.75 Å². The number of carboxylic acid groups (broad SMARTS) is 1. The van der Waals surface area contributed by atoms with Crippen LogP contribution in [-0.2, 0) is 41.1 Å². The first-order valence-corrected chi connectivity index (χ1v) is 15.5. The summed E-state index contributed by atoms with van der Waals surface area (Å²) >= 11 is 0. The van der Waals surface area contributed by atoms with Crippen LogP contribution >= 0.6 is 0 Å². The molecule has 0 radical (unpaired) electrons. The van der Waals surface area contributed by atoms with Crippen LogP contribution < -0.4 is 10.1 Å². The zero-order chi connectivity index (χ0) is 33.0. The van der Waals surface area contributed by atoms with E-state index in [-0.39, 0.29) is 30.2 Å². The van der Waals surface area contributed by atoms with Crippen molar-refractivity contribution < 1.29 is 46.5 Å². The average molecular weight is 643 g/mol. The number of ether oxygens (including phenoxy) is 3. The monoisotopic (exact) mass is 642 g/mol. The van der Waals surface area contributed by atoms with E-state index < -0.39 is 57.2 Å². The molecule has 0 unspecified atom stereocenters. The van der Waals surface area contributed by atoms with Crippen LogP contribution in [0.1, 0.15) is 38.8 Å². The van der Waals surface area contributed by atoms with Gasteiger partial charge in [0.05, 0.1) is 23.4 Å². The molecular weight excluding hydrogens is 607 g/mol. The summed E-state index contributed by atoms with van der Waals surface area (Å²) in [6.45, 7) is 6.09. The van der Waals surface area contributed by atoms with Crippen molar-refractivity contribution in [1.29, 1.82) is 0 Å². The summed E-state index contributed by atoms with van der Waals surface area (Å²) < 4.78 is 58.6. The van der Waals surface area contributed by atoms with Gasteiger partial charge in [0.1, 0.15) is 17.6 Å². The number of amides is 1. The Bertz CT molecular complexity index is 1650. The first-order chi connectivity index (χ1) is 21.1. The maximum atomic E-state index is 13.9. The largest absolute Gasteiger partial charge is 0.480 e. The van der Waals surface area contributed by atoms with Gasteiger partial charge in [-0.2, -0.15) is 4.31 Å². The minimum absolute atomic E-state index is 0.0524. The second-order valence-electron chi connectivity index (χ2n) is 11.7. The van der Waals surface area contributed by atoms with Gasteiger partial charge in [0, 0.05) is 19.4 Å². The van der Waals surface area contributed by atoms with Crippen LogP contribution in [0.15, 0.2) is 83.8 Å². The molecule has 45 heavy (non-hydrogen) atoms. The SMILES string of the molecule is C[C@@H](OC(=O)N[C@@H](Cc1cccc(S(=O)(=O)N2CC(Oc3cccc(F)c3)(c3ccccc3)C2)c1)C(=O)O)OC(=O)C(C)(C)C. The number of sulfonamides is 1. The van der Waals surface area contributed by atoms with Crippen molar-refractivity contribution in [2.75, 3.05) is 13.1 Å². The van der Waals surface area contributed by atoms with Crippen LogP contribution in [0.3, 0.4) is 0 Å². The van der Waals surface area contributed by atoms with E-state index in [4.69, 9.17) is 14.2 Å². The molecule has 1 amide bonds. The van der Waals surface area contributed by atoms with E-state index in [1.807, 2.05) is 18.2 Å². The third kappa shape index (κ3) is 8.17. The highest BCUT2D eigenvalue weighted by atomic mass is 32.2. The zero-order valence-electron chi connectivity index (χ0n) is 25.2. The molecule has 3 aromatic carbocycles. The van der Waals surface area contributed by atoms with Crippen LogP contribution in [0.25, 0.3) is 0 Å². The number of alkyl carbamates (subject to hydrolysis) is 1. The topological polar surface area (TPSA) is 149 Å². The molecular formula is C32H35FN2O9S. The number of nitrogens with zero attached hydrogens (tertiary/aromatic N) is 1. The lowest BCUT2D eigenvalue weighted by Gasteiger charge is -2.48. The number of halogens is 1. The molecule has 0 aromatic heterocycles. The summed E-state index contributed by atoms with van der Waals surface area (Å²) in [6, 6.07) is 18.9. The fraction of sp³-hybridized carbons (Fsp3) is 0.344. The third-order valence-electron chi connectivity index (χ3n) is 7.00. The van der Waals surface area contributed by atoms with Gasteiger partial charge in [0.25, 0.3) is 0 Å². The van der Waals surface area contributed by atoms with E-state index in [0.717, 1.165) is 5.56 Å². The molecule has 0 saturated carbocycles. The first kappa shape index (κ1) is 33.4. The number of esters is 1. The Morgan fingerprint density at radius 3 is 2.27 bits per heavy atom. The number of hydrogen-bond acceptors (Lipinski definition) is 8. The number of nitrogens with one attached hydrogen (secondary N) is 1. The quantitative estimate of drug-likeness (QED) is 0.228. The Labute approximate surface area is 261 Å². The Kier molecular flexibility index (Phi) is 9.83. The molecule has 1 aliphatic rings. The summed E-state index contributed by atoms with van der Waals surface area (Å²) in [5.74, 6) is -2.23. The first-order valence-electron chi connectivity index (χ1n) is 14.1. The summed E-state index contributed by atoms with van der Waals surface area (Å²) in [5.41, 5.74) is -0.853. The predicted octanol–water partition coefficient (Wildman–Crippen LogP) is 4.46. The second kappa shape index (κ2) is 13.2. The Morgan fingerprint density at radius 1 is 0.978 bits per heavy atom. The third-order valence-corrected chi connectivity index (χ3v) is 8.79. The van der Waals surface area contributed by atoms with Gasteiger partial charge in [0.15, 0.2) is 5.60 Å². The molecule has 3 aromatic rings. The maximum Gasteiger partial charge on any atom is 0.410 e. The molecule has 0 bridgehead atoms. The molecule has 2 atom stereocenters. The summed E-state index contributed by atoms with van der Waals surface area (Å²) in [6.07, 6.45) is -2.67. The maximum absolute atomic E-state index is 13.9. The minimum Gasteiger partial charge on any atom is -0.480 e. The minimum atomic E-state index is -4.05. The summed E-state index contributed by atoms with van der Waals surface area (Å²) in [5, 5.41) is 11.9. The fourth-order valence-corrected chi connectivity index (χ4v) is 6.20. The number of aliphatic carboxylic acids is 1. The Hall–Kier alpha value is -4.49. The van der Waals surface area contributed by atoms with Gasteiger partial charge in [-0.1, -0.05) is 48.5 Å². The molecule has 1 fully saturated rings. The van der Waals surface area contributed by atoms with Crippen molar-refractivity contribution in [1.82, 2.24) is 9.62 Å². The predicted molar refractivity (Wildman–Crippen MR) is 160 cm³/mol. The van der Waals surface area contributed by atoms with E-state index in [0.29, 0.717) is 5.56 Å². The van der Waals surface area contributed by atoms with Crippen molar-refractivity contribution in [3.05, 3.63) is 95.8 Å². The van der Waals surface area contributed by atoms with E-state index in [9.17, 15) is 32.3 Å². The van der Waals surface area contributed by atoms with Gasteiger partial charge < -0.3 is 24.6 Å². The number of carbonyl (C=O) groups excluding carboxylic acids is 2. The number of carboxylic acids is 1. The van der Waals surface area contributed by atoms with Gasteiger partial charge in [0.2, 0.25) is 16.3 Å². The molecule has 1 heterocycles. The van der Waals surface area contributed by atoms with Gasteiger partial charge in [-0.15, -0.1) is 0 Å². The number of carbonyl (C=O) groups is 3. The van der Waals surface area contributed by atoms with Crippen molar-refractivity contribution in [3.8, 4) is 5.75 Å². The van der Waals surface area contributed by atoms with Crippen LogP contribution in [0.4, 0.5) is 9.18 Å². The second-order valence-corrected chi connectivity index (χ2v) is 13.6. The number of hydrogen-bond donors (Lipinski definition) is 2. The van der Waals surface area contributed by atoms with Gasteiger partial charge in [-0.25, -0.2) is 22.4 Å². The van der Waals surface area contributed by atoms with Gasteiger partial charge >= 0.3 is 18.0 Å². The highest BCUT2D eigenvalue weighted by Crippen LogP contribution is 2.40. The highest BCUT2D eigenvalue weighted by Gasteiger charge is 2.52. The van der Waals surface area contributed by atoms with E-state index in [1.54, 1.807) is 39.0 Å². The lowest BCUT2D eigenvalue weighted by atomic mass is 9.87. The summed E-state index contributed by atoms with van der Waals surface area (Å²) in [7, 11) is -4.05. The number of rotatable bonds is 11. The highest BCUT2D eigenvalue weighted by molar-refractivity contribution is 7.89. The summed E-state index contributed by atoms with van der Waals surface area (Å²) in [4.78, 5) is 36.2. The van der Waals surface area contributed by atoms with Crippen LogP contribution in [0.2, 0.25) is 0 Å². The van der Waals surface area contributed by atoms with Gasteiger partial charge in [-0.3, -0.25) is 4.79 Å². The molecule has 1 saturated heterocycles. The zero-order valence-corrected chi connectivity index (χ0v) is 26.0. The fourth-order valence-electron chi connectivity index (χ4n) is 4.59. The van der Waals surface area contributed by atoms with Crippen molar-refractivity contribution in [2.45, 2.75) is 56.9 Å². The van der Waals surface area contributed by atoms with E-state index in [1.165, 1.54) is 53.7 Å². The lowest BCUT2D eigenvalue weighted by molar-refractivity contribution is -0.174. The molecule has 0 spiro atoms. The molecule has 0 aliphatic carbocycles. The normalized spacial score (nSPS) is 16.0. The lowest BCUT2D eigenvalue weighted by Crippen LogP contribution is -2.64. The number of benzene rings is 3. The Morgan fingerprint density at radius 2 is 1.64 bits per heavy atom. The molecule has 13 heteroatoms. The van der Waals surface area contributed by atoms with Gasteiger partial charge in [-0.05, 0) is 56.2 Å². The standard InChI is InChI=1S/C32H35FN2O9S/c1-21(42-29(38)31(2,3)4)43-30(39)34-27(28(36)37)17-22-10-8-15-26(16-22)45(40,41)35-19-32(20-35,23-11-6-5-7-12-23)44-25-14-9-13-24(33)18-25/h5-16,18,21,27H,17,19-20H2,1-4H3,(H,34,39)(H,36,37)/t21-,27+/m1/s1. The molecule has 4 rings (SSSR count). The molecule has 240 valence electrons. The van der Waals surface area contributed by atoms with Crippen molar-refractivity contribution in [2.24, 2.45) is 5.41 Å². The van der Waals surface area contributed by atoms with Crippen molar-refractivity contribution >= 4 is 28.1 Å². The smallest absolute Gasteiger partial charge is 0.410 e. The van der Waals surface area contributed by atoms with Crippen molar-refractivity contribution in [3.63, 3.8) is 0 Å². The molecule has 1 aliphatic heterocycles. The average Bonchev–Trinajstić information content (AvgIpc) is 2.94. The van der Waals surface area contributed by atoms with E-state index in [2.05, 4.69) is 5.32 Å². The molecule has 11 nitrogen and oxygen atoms in total. The molecule has 2 N–H and O–H groups in total. The van der Waals surface area contributed by atoms with E-state index >= 15 is 0 Å². The van der Waals surface area contributed by atoms with Crippen LogP contribution in [-0.4, -0.2) is 61.3 Å². The van der Waals surface area contributed by atoms with Crippen LogP contribution in [0, 0.1) is 11.2 Å².